The first-order valence-electron chi connectivity index (χ1n) is 10.6. The molecule has 3 aromatic carbocycles. The number of aromatic nitrogens is 2. The molecule has 0 radical (unpaired) electrons. The molecule has 0 saturated heterocycles. The number of amides is 1. The van der Waals surface area contributed by atoms with E-state index in [-0.39, 0.29) is 5.91 Å². The first kappa shape index (κ1) is 20.4. The highest BCUT2D eigenvalue weighted by atomic mass is 16.5. The van der Waals surface area contributed by atoms with Crippen molar-refractivity contribution >= 4 is 22.5 Å². The number of methoxy groups -OCH3 is 1. The maximum Gasteiger partial charge on any atom is 0.256 e. The molecule has 0 spiro atoms. The van der Waals surface area contributed by atoms with Gasteiger partial charge in [0.25, 0.3) is 5.91 Å². The van der Waals surface area contributed by atoms with Crippen molar-refractivity contribution in [1.82, 2.24) is 9.97 Å². The number of benzene rings is 3. The van der Waals surface area contributed by atoms with Gasteiger partial charge < -0.3 is 10.1 Å². The summed E-state index contributed by atoms with van der Waals surface area (Å²) in [4.78, 5) is 22.3. The Kier molecular flexibility index (Phi) is 5.52. The lowest BCUT2D eigenvalue weighted by Crippen LogP contribution is -2.13. The van der Waals surface area contributed by atoms with Crippen molar-refractivity contribution in [3.05, 3.63) is 109 Å². The van der Waals surface area contributed by atoms with E-state index in [0.29, 0.717) is 22.5 Å². The fourth-order valence-electron chi connectivity index (χ4n) is 3.76. The first-order chi connectivity index (χ1) is 16.2. The van der Waals surface area contributed by atoms with E-state index in [1.165, 1.54) is 0 Å². The summed E-state index contributed by atoms with van der Waals surface area (Å²) in [5.74, 6) is 0.497. The summed E-state index contributed by atoms with van der Waals surface area (Å²) in [7, 11) is 1.62. The average Bonchev–Trinajstić information content (AvgIpc) is 2.89. The second-order valence-electron chi connectivity index (χ2n) is 7.58. The van der Waals surface area contributed by atoms with Crippen LogP contribution in [0.4, 0.5) is 5.69 Å². The van der Waals surface area contributed by atoms with Crippen LogP contribution in [0.2, 0.25) is 0 Å². The Labute approximate surface area is 191 Å². The maximum atomic E-state index is 13.3. The van der Waals surface area contributed by atoms with Crippen molar-refractivity contribution in [2.24, 2.45) is 0 Å². The number of nitrogens with zero attached hydrogens (tertiary/aromatic N) is 2. The van der Waals surface area contributed by atoms with E-state index in [9.17, 15) is 4.79 Å². The molecular weight excluding hydrogens is 410 g/mol. The van der Waals surface area contributed by atoms with Crippen LogP contribution < -0.4 is 10.1 Å². The minimum Gasteiger partial charge on any atom is -0.497 e. The lowest BCUT2D eigenvalue weighted by atomic mass is 10.0. The Morgan fingerprint density at radius 3 is 2.33 bits per heavy atom. The summed E-state index contributed by atoms with van der Waals surface area (Å²) in [5, 5.41) is 3.79. The van der Waals surface area contributed by atoms with Gasteiger partial charge in [0.15, 0.2) is 0 Å². The molecule has 1 N–H and O–H groups in total. The monoisotopic (exact) mass is 431 g/mol. The largest absolute Gasteiger partial charge is 0.497 e. The molecule has 0 bridgehead atoms. The Morgan fingerprint density at radius 2 is 1.61 bits per heavy atom. The van der Waals surface area contributed by atoms with E-state index in [1.807, 2.05) is 97.2 Å². The quantitative estimate of drug-likeness (QED) is 0.359. The van der Waals surface area contributed by atoms with E-state index < -0.39 is 0 Å². The number of hydrogen-bond acceptors (Lipinski definition) is 4. The van der Waals surface area contributed by atoms with Gasteiger partial charge in [-0.15, -0.1) is 0 Å². The zero-order valence-electron chi connectivity index (χ0n) is 18.0. The van der Waals surface area contributed by atoms with Crippen molar-refractivity contribution in [3.8, 4) is 28.1 Å². The molecule has 5 heteroatoms. The van der Waals surface area contributed by atoms with Crippen LogP contribution in [0.25, 0.3) is 33.3 Å². The summed E-state index contributed by atoms with van der Waals surface area (Å²) in [6, 6.07) is 28.8. The molecule has 1 amide bonds. The number of pyridine rings is 2. The molecule has 5 rings (SSSR count). The van der Waals surface area contributed by atoms with Crippen LogP contribution in [-0.2, 0) is 0 Å². The molecule has 0 aliphatic rings. The van der Waals surface area contributed by atoms with Crippen LogP contribution in [0.5, 0.6) is 5.75 Å². The Bertz CT molecular complexity index is 1420. The number of nitrogens with one attached hydrogen (secondary N) is 1. The second kappa shape index (κ2) is 8.93. The van der Waals surface area contributed by atoms with Crippen LogP contribution in [0.3, 0.4) is 0 Å². The zero-order chi connectivity index (χ0) is 22.6. The molecule has 0 atom stereocenters. The number of rotatable bonds is 5. The molecule has 5 aromatic rings. The fourth-order valence-corrected chi connectivity index (χ4v) is 3.76. The number of anilines is 1. The van der Waals surface area contributed by atoms with Gasteiger partial charge in [0.1, 0.15) is 5.75 Å². The first-order valence-corrected chi connectivity index (χ1v) is 10.6. The number of carbonyl (C=O) groups excluding carboxylic acids is 1. The molecule has 160 valence electrons. The van der Waals surface area contributed by atoms with E-state index in [0.717, 1.165) is 27.8 Å². The van der Waals surface area contributed by atoms with Gasteiger partial charge in [-0.25, -0.2) is 4.98 Å². The molecule has 0 saturated carbocycles. The van der Waals surface area contributed by atoms with Gasteiger partial charge in [0, 0.05) is 35.1 Å². The predicted octanol–water partition coefficient (Wildman–Crippen LogP) is 6.22. The lowest BCUT2D eigenvalue weighted by Gasteiger charge is -2.12. The minimum atomic E-state index is -0.195. The number of carbonyl (C=O) groups is 1. The van der Waals surface area contributed by atoms with Crippen LogP contribution >= 0.6 is 0 Å². The average molecular weight is 431 g/mol. The molecule has 0 unspecified atom stereocenters. The van der Waals surface area contributed by atoms with Gasteiger partial charge in [0.2, 0.25) is 0 Å². The summed E-state index contributed by atoms with van der Waals surface area (Å²) >= 11 is 0. The third-order valence-corrected chi connectivity index (χ3v) is 5.47. The standard InChI is InChI=1S/C28H21N3O2/c1-33-23-13-14-24-25(17-26(31-27(24)16-23)20-6-3-2-4-7-20)28(32)30-22-11-9-19(10-12-22)21-8-5-15-29-18-21/h2-18H,1H3,(H,30,32). The van der Waals surface area contributed by atoms with E-state index in [4.69, 9.17) is 9.72 Å². The van der Waals surface area contributed by atoms with E-state index >= 15 is 0 Å². The Hall–Kier alpha value is -4.51. The molecule has 0 fully saturated rings. The Balaban J connectivity index is 1.51. The molecule has 5 nitrogen and oxygen atoms in total. The van der Waals surface area contributed by atoms with Crippen LogP contribution in [-0.4, -0.2) is 23.0 Å². The van der Waals surface area contributed by atoms with Gasteiger partial charge in [-0.1, -0.05) is 48.5 Å². The number of hydrogen-bond donors (Lipinski definition) is 1. The number of ether oxygens (including phenoxy) is 1. The summed E-state index contributed by atoms with van der Waals surface area (Å²) < 4.78 is 5.37. The summed E-state index contributed by atoms with van der Waals surface area (Å²) in [5.41, 5.74) is 5.70. The summed E-state index contributed by atoms with van der Waals surface area (Å²) in [6.07, 6.45) is 3.56. The molecule has 0 aliphatic heterocycles. The highest BCUT2D eigenvalue weighted by Crippen LogP contribution is 2.28. The van der Waals surface area contributed by atoms with Gasteiger partial charge in [-0.3, -0.25) is 9.78 Å². The summed E-state index contributed by atoms with van der Waals surface area (Å²) in [6.45, 7) is 0. The van der Waals surface area contributed by atoms with Crippen LogP contribution in [0, 0.1) is 0 Å². The van der Waals surface area contributed by atoms with Crippen LogP contribution in [0.1, 0.15) is 10.4 Å². The van der Waals surface area contributed by atoms with Gasteiger partial charge >= 0.3 is 0 Å². The zero-order valence-corrected chi connectivity index (χ0v) is 18.0. The maximum absolute atomic E-state index is 13.3. The topological polar surface area (TPSA) is 64.1 Å². The van der Waals surface area contributed by atoms with Crippen molar-refractivity contribution in [3.63, 3.8) is 0 Å². The van der Waals surface area contributed by atoms with Crippen molar-refractivity contribution in [1.29, 1.82) is 0 Å². The molecule has 0 aliphatic carbocycles. The normalized spacial score (nSPS) is 10.7. The lowest BCUT2D eigenvalue weighted by molar-refractivity contribution is 0.102. The highest BCUT2D eigenvalue weighted by Gasteiger charge is 2.15. The van der Waals surface area contributed by atoms with Gasteiger partial charge in [-0.05, 0) is 47.5 Å². The third kappa shape index (κ3) is 4.29. The van der Waals surface area contributed by atoms with Crippen molar-refractivity contribution in [2.45, 2.75) is 0 Å². The van der Waals surface area contributed by atoms with E-state index in [2.05, 4.69) is 10.3 Å². The second-order valence-corrected chi connectivity index (χ2v) is 7.58. The molecule has 2 aromatic heterocycles. The fraction of sp³-hybridized carbons (Fsp3) is 0.0357. The van der Waals surface area contributed by atoms with E-state index in [1.54, 1.807) is 13.3 Å². The Morgan fingerprint density at radius 1 is 0.818 bits per heavy atom. The van der Waals surface area contributed by atoms with Gasteiger partial charge in [0.05, 0.1) is 23.9 Å². The molecule has 33 heavy (non-hydrogen) atoms. The highest BCUT2D eigenvalue weighted by molar-refractivity contribution is 6.13. The van der Waals surface area contributed by atoms with Crippen molar-refractivity contribution < 1.29 is 9.53 Å². The SMILES string of the molecule is COc1ccc2c(C(=O)Nc3ccc(-c4cccnc4)cc3)cc(-c3ccccc3)nc2c1. The van der Waals surface area contributed by atoms with Crippen LogP contribution in [0.15, 0.2) is 103 Å². The van der Waals surface area contributed by atoms with Gasteiger partial charge in [-0.2, -0.15) is 0 Å². The number of fused-ring (bicyclic) bond motifs is 1. The van der Waals surface area contributed by atoms with Crippen molar-refractivity contribution in [2.75, 3.05) is 12.4 Å². The third-order valence-electron chi connectivity index (χ3n) is 5.47. The predicted molar refractivity (Wildman–Crippen MR) is 131 cm³/mol. The minimum absolute atomic E-state index is 0.195. The molecule has 2 heterocycles. The smallest absolute Gasteiger partial charge is 0.256 e. The molecular formula is C28H21N3O2.